The second-order valence-electron chi connectivity index (χ2n) is 11.9. The lowest BCUT2D eigenvalue weighted by atomic mass is 9.78. The molecule has 2 heterocycles. The minimum atomic E-state index is -0.0549. The molecule has 1 saturated heterocycles. The highest BCUT2D eigenvalue weighted by molar-refractivity contribution is 5.94. The lowest BCUT2D eigenvalue weighted by Crippen LogP contribution is -2.36. The molecule has 216 valence electrons. The summed E-state index contributed by atoms with van der Waals surface area (Å²) in [4.78, 5) is 20.0. The number of carbonyl (C=O) groups excluding carboxylic acids is 1. The second kappa shape index (κ2) is 12.4. The average molecular weight is 563 g/mol. The number of nitrogens with one attached hydrogen (secondary N) is 1. The van der Waals surface area contributed by atoms with Gasteiger partial charge in [0.25, 0.3) is 5.91 Å². The van der Waals surface area contributed by atoms with Crippen molar-refractivity contribution in [2.24, 2.45) is 5.92 Å². The first kappa shape index (κ1) is 28.0. The monoisotopic (exact) mass is 562 g/mol. The normalized spacial score (nSPS) is 19.1. The Kier molecular flexibility index (Phi) is 8.25. The number of fused-ring (bicyclic) bond motifs is 1. The fourth-order valence-electron chi connectivity index (χ4n) is 6.26. The average Bonchev–Trinajstić information content (AvgIpc) is 3.48. The standard InChI is InChI=1S/C35H38N4O3/c1-23(2)31-19-25(21-36)20-32-33(31)42-35(38-32)29-9-7-28(8-10-29)34(40)37-22-24-3-5-26(6-4-24)27-11-13-30(14-12-27)39-15-17-41-18-16-39/h7-14,19-20,23-24,26H,3-6,15-18,22H2,1-2H3,(H,37,40). The number of carbonyl (C=O) groups is 1. The van der Waals surface area contributed by atoms with Crippen LogP contribution in [0.4, 0.5) is 5.69 Å². The number of hydrogen-bond acceptors (Lipinski definition) is 6. The Balaban J connectivity index is 1.02. The van der Waals surface area contributed by atoms with E-state index < -0.39 is 0 Å². The van der Waals surface area contributed by atoms with E-state index in [2.05, 4.69) is 59.4 Å². The van der Waals surface area contributed by atoms with Crippen molar-refractivity contribution in [2.45, 2.75) is 51.4 Å². The summed E-state index contributed by atoms with van der Waals surface area (Å²) in [7, 11) is 0. The Bertz CT molecular complexity index is 1570. The molecule has 4 aromatic rings. The van der Waals surface area contributed by atoms with Gasteiger partial charge in [-0.05, 0) is 97.5 Å². The molecule has 0 unspecified atom stereocenters. The molecule has 7 heteroatoms. The van der Waals surface area contributed by atoms with Crippen molar-refractivity contribution < 1.29 is 13.9 Å². The molecule has 3 aromatic carbocycles. The molecule has 1 saturated carbocycles. The van der Waals surface area contributed by atoms with Crippen LogP contribution in [0.1, 0.15) is 78.4 Å². The Morgan fingerprint density at radius 1 is 1.02 bits per heavy atom. The molecule has 1 aromatic heterocycles. The molecule has 0 bridgehead atoms. The van der Waals surface area contributed by atoms with Crippen LogP contribution in [0, 0.1) is 17.2 Å². The van der Waals surface area contributed by atoms with Gasteiger partial charge in [0.05, 0.1) is 24.8 Å². The van der Waals surface area contributed by atoms with E-state index in [1.807, 2.05) is 30.3 Å². The number of nitrogens with zero attached hydrogens (tertiary/aromatic N) is 3. The van der Waals surface area contributed by atoms with Crippen molar-refractivity contribution in [3.63, 3.8) is 0 Å². The van der Waals surface area contributed by atoms with Gasteiger partial charge < -0.3 is 19.4 Å². The van der Waals surface area contributed by atoms with Gasteiger partial charge in [0.15, 0.2) is 5.58 Å². The molecule has 2 fully saturated rings. The van der Waals surface area contributed by atoms with Gasteiger partial charge in [-0.2, -0.15) is 5.26 Å². The van der Waals surface area contributed by atoms with E-state index in [1.54, 1.807) is 6.07 Å². The first-order valence-electron chi connectivity index (χ1n) is 15.1. The smallest absolute Gasteiger partial charge is 0.251 e. The van der Waals surface area contributed by atoms with Crippen molar-refractivity contribution >= 4 is 22.7 Å². The van der Waals surface area contributed by atoms with Crippen molar-refractivity contribution in [3.05, 3.63) is 82.9 Å². The Morgan fingerprint density at radius 2 is 1.74 bits per heavy atom. The van der Waals surface area contributed by atoms with Crippen LogP contribution in [-0.2, 0) is 4.74 Å². The zero-order valence-electron chi connectivity index (χ0n) is 24.4. The molecule has 0 spiro atoms. The van der Waals surface area contributed by atoms with Gasteiger partial charge in [0.1, 0.15) is 5.52 Å². The van der Waals surface area contributed by atoms with Crippen molar-refractivity contribution in [1.29, 1.82) is 5.26 Å². The highest BCUT2D eigenvalue weighted by Crippen LogP contribution is 2.36. The predicted molar refractivity (Wildman–Crippen MR) is 165 cm³/mol. The van der Waals surface area contributed by atoms with Crippen LogP contribution < -0.4 is 10.2 Å². The van der Waals surface area contributed by atoms with Gasteiger partial charge in [-0.25, -0.2) is 4.98 Å². The number of hydrogen-bond donors (Lipinski definition) is 1. The van der Waals surface area contributed by atoms with Crippen LogP contribution in [0.15, 0.2) is 65.1 Å². The summed E-state index contributed by atoms with van der Waals surface area (Å²) < 4.78 is 11.6. The SMILES string of the molecule is CC(C)c1cc(C#N)cc2nc(-c3ccc(C(=O)NCC4CCC(c5ccc(N6CCOCC6)cc5)CC4)cc3)oc12. The maximum Gasteiger partial charge on any atom is 0.251 e. The molecule has 1 aliphatic carbocycles. The number of benzene rings is 3. The van der Waals surface area contributed by atoms with Crippen molar-refractivity contribution in [2.75, 3.05) is 37.7 Å². The van der Waals surface area contributed by atoms with E-state index in [0.29, 0.717) is 46.5 Å². The number of aromatic nitrogens is 1. The fraction of sp³-hybridized carbons (Fsp3) is 0.400. The number of nitriles is 1. The molecular formula is C35H38N4O3. The van der Waals surface area contributed by atoms with Gasteiger partial charge in [0.2, 0.25) is 5.89 Å². The van der Waals surface area contributed by atoms with Crippen LogP contribution in [0.5, 0.6) is 0 Å². The van der Waals surface area contributed by atoms with Gasteiger partial charge >= 0.3 is 0 Å². The Morgan fingerprint density at radius 3 is 2.40 bits per heavy atom. The van der Waals surface area contributed by atoms with Gasteiger partial charge in [-0.15, -0.1) is 0 Å². The van der Waals surface area contributed by atoms with E-state index in [1.165, 1.54) is 11.3 Å². The van der Waals surface area contributed by atoms with E-state index in [0.717, 1.165) is 63.1 Å². The second-order valence-corrected chi connectivity index (χ2v) is 11.9. The molecule has 0 radical (unpaired) electrons. The molecule has 1 N–H and O–H groups in total. The van der Waals surface area contributed by atoms with Crippen LogP contribution in [0.25, 0.3) is 22.6 Å². The van der Waals surface area contributed by atoms with Crippen LogP contribution >= 0.6 is 0 Å². The molecule has 7 nitrogen and oxygen atoms in total. The van der Waals surface area contributed by atoms with E-state index in [-0.39, 0.29) is 11.8 Å². The number of anilines is 1. The minimum absolute atomic E-state index is 0.0549. The molecule has 1 amide bonds. The van der Waals surface area contributed by atoms with Gasteiger partial charge in [-0.1, -0.05) is 26.0 Å². The summed E-state index contributed by atoms with van der Waals surface area (Å²) in [6.07, 6.45) is 4.56. The van der Waals surface area contributed by atoms with Crippen LogP contribution in [-0.4, -0.2) is 43.7 Å². The highest BCUT2D eigenvalue weighted by atomic mass is 16.5. The fourth-order valence-corrected chi connectivity index (χ4v) is 6.26. The minimum Gasteiger partial charge on any atom is -0.436 e. The number of ether oxygens (including phenoxy) is 1. The maximum atomic E-state index is 12.9. The largest absolute Gasteiger partial charge is 0.436 e. The molecule has 1 aliphatic heterocycles. The summed E-state index contributed by atoms with van der Waals surface area (Å²) in [6, 6.07) is 22.3. The number of oxazole rings is 1. The van der Waals surface area contributed by atoms with Crippen LogP contribution in [0.3, 0.4) is 0 Å². The zero-order chi connectivity index (χ0) is 29.1. The van der Waals surface area contributed by atoms with Crippen molar-refractivity contribution in [1.82, 2.24) is 10.3 Å². The zero-order valence-corrected chi connectivity index (χ0v) is 24.4. The third-order valence-corrected chi connectivity index (χ3v) is 8.80. The summed E-state index contributed by atoms with van der Waals surface area (Å²) in [5.74, 6) is 1.74. The summed E-state index contributed by atoms with van der Waals surface area (Å²) in [6.45, 7) is 8.38. The quantitative estimate of drug-likeness (QED) is 0.260. The molecule has 0 atom stereocenters. The molecular weight excluding hydrogens is 524 g/mol. The lowest BCUT2D eigenvalue weighted by molar-refractivity contribution is 0.0943. The Labute approximate surface area is 247 Å². The van der Waals surface area contributed by atoms with Gasteiger partial charge in [-0.3, -0.25) is 4.79 Å². The van der Waals surface area contributed by atoms with E-state index in [4.69, 9.17) is 9.15 Å². The van der Waals surface area contributed by atoms with Crippen molar-refractivity contribution in [3.8, 4) is 17.5 Å². The molecule has 6 rings (SSSR count). The molecule has 2 aliphatic rings. The maximum absolute atomic E-state index is 12.9. The number of rotatable bonds is 7. The Hall–Kier alpha value is -4.15. The topological polar surface area (TPSA) is 91.4 Å². The lowest BCUT2D eigenvalue weighted by Gasteiger charge is -2.31. The third kappa shape index (κ3) is 6.05. The first-order valence-corrected chi connectivity index (χ1v) is 15.1. The van der Waals surface area contributed by atoms with E-state index in [9.17, 15) is 10.1 Å². The summed E-state index contributed by atoms with van der Waals surface area (Å²) >= 11 is 0. The predicted octanol–water partition coefficient (Wildman–Crippen LogP) is 7.03. The van der Waals surface area contributed by atoms with E-state index >= 15 is 0 Å². The third-order valence-electron chi connectivity index (χ3n) is 8.80. The molecule has 42 heavy (non-hydrogen) atoms. The van der Waals surface area contributed by atoms with Gasteiger partial charge in [0, 0.05) is 42.0 Å². The summed E-state index contributed by atoms with van der Waals surface area (Å²) in [5.41, 5.74) is 7.06. The summed E-state index contributed by atoms with van der Waals surface area (Å²) in [5, 5.41) is 12.5. The highest BCUT2D eigenvalue weighted by Gasteiger charge is 2.23. The first-order chi connectivity index (χ1) is 20.5. The number of morpholine rings is 1. The number of amides is 1. The van der Waals surface area contributed by atoms with Crippen LogP contribution in [0.2, 0.25) is 0 Å².